The molecular formula is C18H29N3O3. The molecule has 0 heterocycles. The van der Waals surface area contributed by atoms with Crippen LogP contribution >= 0.6 is 0 Å². The smallest absolute Gasteiger partial charge is 0.321 e. The Labute approximate surface area is 144 Å². The third-order valence-electron chi connectivity index (χ3n) is 3.61. The Balaban J connectivity index is 2.49. The van der Waals surface area contributed by atoms with Gasteiger partial charge in [-0.3, -0.25) is 15.0 Å². The molecule has 0 radical (unpaired) electrons. The van der Waals surface area contributed by atoms with Crippen LogP contribution in [0.2, 0.25) is 0 Å². The predicted molar refractivity (Wildman–Crippen MR) is 94.9 cm³/mol. The van der Waals surface area contributed by atoms with E-state index < -0.39 is 12.1 Å². The van der Waals surface area contributed by atoms with Gasteiger partial charge >= 0.3 is 6.03 Å². The molecule has 2 N–H and O–H groups in total. The van der Waals surface area contributed by atoms with E-state index in [2.05, 4.69) is 10.6 Å². The quantitative estimate of drug-likeness (QED) is 0.765. The Bertz CT molecular complexity index is 529. The molecule has 0 aliphatic heterocycles. The molecule has 1 atom stereocenters. The van der Waals surface area contributed by atoms with Gasteiger partial charge in [-0.15, -0.1) is 0 Å². The second kappa shape index (κ2) is 9.93. The molecule has 0 saturated heterocycles. The maximum atomic E-state index is 12.1. The SMILES string of the molecule is CCOc1ccc(CN(C)[C@H](C)C(=O)NC(=O)NCC(C)C)cc1. The van der Waals surface area contributed by atoms with Crippen LogP contribution in [0, 0.1) is 5.92 Å². The highest BCUT2D eigenvalue weighted by molar-refractivity contribution is 5.96. The van der Waals surface area contributed by atoms with Gasteiger partial charge in [0.05, 0.1) is 12.6 Å². The van der Waals surface area contributed by atoms with Crippen molar-refractivity contribution in [3.05, 3.63) is 29.8 Å². The molecule has 134 valence electrons. The molecule has 3 amide bonds. The summed E-state index contributed by atoms with van der Waals surface area (Å²) < 4.78 is 5.41. The van der Waals surface area contributed by atoms with Crippen LogP contribution in [-0.4, -0.2) is 43.1 Å². The third-order valence-corrected chi connectivity index (χ3v) is 3.61. The molecule has 6 heteroatoms. The van der Waals surface area contributed by atoms with Gasteiger partial charge in [0.1, 0.15) is 5.75 Å². The Morgan fingerprint density at radius 2 is 1.79 bits per heavy atom. The molecule has 0 aliphatic carbocycles. The maximum absolute atomic E-state index is 12.1. The largest absolute Gasteiger partial charge is 0.494 e. The highest BCUT2D eigenvalue weighted by Crippen LogP contribution is 2.14. The van der Waals surface area contributed by atoms with Gasteiger partial charge in [0.25, 0.3) is 0 Å². The van der Waals surface area contributed by atoms with E-state index in [0.29, 0.717) is 25.6 Å². The standard InChI is InChI=1S/C18H29N3O3/c1-6-24-16-9-7-15(8-10-16)12-21(5)14(4)17(22)20-18(23)19-11-13(2)3/h7-10,13-14H,6,11-12H2,1-5H3,(H2,19,20,22,23)/t14-/m1/s1. The van der Waals surface area contributed by atoms with E-state index >= 15 is 0 Å². The number of hydrogen-bond acceptors (Lipinski definition) is 4. The number of nitrogens with zero attached hydrogens (tertiary/aromatic N) is 1. The Kier molecular flexibility index (Phi) is 8.26. The summed E-state index contributed by atoms with van der Waals surface area (Å²) in [6, 6.07) is 6.91. The number of hydrogen-bond donors (Lipinski definition) is 2. The Morgan fingerprint density at radius 3 is 2.33 bits per heavy atom. The molecule has 0 spiro atoms. The summed E-state index contributed by atoms with van der Waals surface area (Å²) in [6.45, 7) is 9.49. The fraction of sp³-hybridized carbons (Fsp3) is 0.556. The Morgan fingerprint density at radius 1 is 1.17 bits per heavy atom. The molecule has 0 unspecified atom stereocenters. The van der Waals surface area contributed by atoms with Crippen LogP contribution in [0.3, 0.4) is 0 Å². The number of nitrogens with one attached hydrogen (secondary N) is 2. The van der Waals surface area contributed by atoms with E-state index in [0.717, 1.165) is 11.3 Å². The lowest BCUT2D eigenvalue weighted by Gasteiger charge is -2.23. The van der Waals surface area contributed by atoms with Crippen molar-refractivity contribution >= 4 is 11.9 Å². The number of carbonyl (C=O) groups is 2. The monoisotopic (exact) mass is 335 g/mol. The van der Waals surface area contributed by atoms with Crippen LogP contribution < -0.4 is 15.4 Å². The number of ether oxygens (including phenoxy) is 1. The van der Waals surface area contributed by atoms with Crippen LogP contribution in [0.1, 0.15) is 33.3 Å². The first kappa shape index (κ1) is 20.0. The molecule has 0 saturated carbocycles. The van der Waals surface area contributed by atoms with Gasteiger partial charge in [-0.1, -0.05) is 26.0 Å². The molecule has 1 rings (SSSR count). The summed E-state index contributed by atoms with van der Waals surface area (Å²) in [7, 11) is 1.85. The second-order valence-corrected chi connectivity index (χ2v) is 6.26. The van der Waals surface area contributed by atoms with Crippen molar-refractivity contribution in [2.75, 3.05) is 20.2 Å². The number of carbonyl (C=O) groups excluding carboxylic acids is 2. The first-order valence-electron chi connectivity index (χ1n) is 8.34. The van der Waals surface area contributed by atoms with Gasteiger partial charge in [-0.25, -0.2) is 4.79 Å². The van der Waals surface area contributed by atoms with E-state index in [1.807, 2.05) is 57.0 Å². The number of rotatable bonds is 8. The average molecular weight is 335 g/mol. The first-order chi connectivity index (χ1) is 11.3. The van der Waals surface area contributed by atoms with E-state index in [1.54, 1.807) is 6.92 Å². The molecule has 1 aromatic carbocycles. The van der Waals surface area contributed by atoms with Crippen LogP contribution in [0.15, 0.2) is 24.3 Å². The van der Waals surface area contributed by atoms with Crippen molar-refractivity contribution in [2.45, 2.75) is 40.3 Å². The average Bonchev–Trinajstić information content (AvgIpc) is 2.54. The normalized spacial score (nSPS) is 12.1. The minimum atomic E-state index is -0.449. The predicted octanol–water partition coefficient (Wildman–Crippen LogP) is 2.39. The number of likely N-dealkylation sites (N-methyl/N-ethyl adjacent to an activating group) is 1. The first-order valence-corrected chi connectivity index (χ1v) is 8.34. The minimum Gasteiger partial charge on any atom is -0.494 e. The van der Waals surface area contributed by atoms with Crippen LogP contribution in [0.4, 0.5) is 4.79 Å². The van der Waals surface area contributed by atoms with Crippen LogP contribution in [0.25, 0.3) is 0 Å². The summed E-state index contributed by atoms with van der Waals surface area (Å²) in [5.74, 6) is 0.854. The zero-order valence-corrected chi connectivity index (χ0v) is 15.3. The second-order valence-electron chi connectivity index (χ2n) is 6.26. The van der Waals surface area contributed by atoms with Gasteiger partial charge in [0, 0.05) is 13.1 Å². The van der Waals surface area contributed by atoms with Crippen molar-refractivity contribution in [3.8, 4) is 5.75 Å². The minimum absolute atomic E-state index is 0.315. The van der Waals surface area contributed by atoms with E-state index in [1.165, 1.54) is 0 Å². The van der Waals surface area contributed by atoms with Crippen molar-refractivity contribution in [2.24, 2.45) is 5.92 Å². The van der Waals surface area contributed by atoms with Crippen LogP contribution in [0.5, 0.6) is 5.75 Å². The lowest BCUT2D eigenvalue weighted by atomic mass is 10.2. The zero-order valence-electron chi connectivity index (χ0n) is 15.3. The Hall–Kier alpha value is -2.08. The van der Waals surface area contributed by atoms with Gasteiger partial charge < -0.3 is 10.1 Å². The molecule has 0 bridgehead atoms. The highest BCUT2D eigenvalue weighted by atomic mass is 16.5. The summed E-state index contributed by atoms with van der Waals surface area (Å²) in [4.78, 5) is 25.7. The molecule has 0 fully saturated rings. The lowest BCUT2D eigenvalue weighted by molar-refractivity contribution is -0.124. The molecule has 0 aromatic heterocycles. The molecule has 6 nitrogen and oxygen atoms in total. The number of benzene rings is 1. The molecular weight excluding hydrogens is 306 g/mol. The topological polar surface area (TPSA) is 70.7 Å². The third kappa shape index (κ3) is 7.00. The van der Waals surface area contributed by atoms with E-state index in [-0.39, 0.29) is 5.91 Å². The fourth-order valence-electron chi connectivity index (χ4n) is 2.04. The summed E-state index contributed by atoms with van der Waals surface area (Å²) in [5.41, 5.74) is 1.07. The number of imide groups is 1. The molecule has 1 aromatic rings. The fourth-order valence-corrected chi connectivity index (χ4v) is 2.04. The van der Waals surface area contributed by atoms with E-state index in [4.69, 9.17) is 4.74 Å². The van der Waals surface area contributed by atoms with Gasteiger partial charge in [0.15, 0.2) is 0 Å². The van der Waals surface area contributed by atoms with Gasteiger partial charge in [0.2, 0.25) is 5.91 Å². The highest BCUT2D eigenvalue weighted by Gasteiger charge is 2.20. The summed E-state index contributed by atoms with van der Waals surface area (Å²) >= 11 is 0. The number of amides is 3. The summed E-state index contributed by atoms with van der Waals surface area (Å²) in [5, 5.41) is 5.05. The van der Waals surface area contributed by atoms with Crippen molar-refractivity contribution in [1.29, 1.82) is 0 Å². The maximum Gasteiger partial charge on any atom is 0.321 e. The van der Waals surface area contributed by atoms with E-state index in [9.17, 15) is 9.59 Å². The summed E-state index contributed by atoms with van der Waals surface area (Å²) in [6.07, 6.45) is 0. The lowest BCUT2D eigenvalue weighted by Crippen LogP contribution is -2.48. The van der Waals surface area contributed by atoms with Crippen molar-refractivity contribution in [1.82, 2.24) is 15.5 Å². The van der Waals surface area contributed by atoms with Gasteiger partial charge in [-0.05, 0) is 44.5 Å². The van der Waals surface area contributed by atoms with Crippen molar-refractivity contribution in [3.63, 3.8) is 0 Å². The van der Waals surface area contributed by atoms with Gasteiger partial charge in [-0.2, -0.15) is 0 Å². The van der Waals surface area contributed by atoms with Crippen molar-refractivity contribution < 1.29 is 14.3 Å². The molecule has 24 heavy (non-hydrogen) atoms. The molecule has 0 aliphatic rings. The number of urea groups is 1. The zero-order chi connectivity index (χ0) is 18.1. The van der Waals surface area contributed by atoms with Crippen LogP contribution in [-0.2, 0) is 11.3 Å².